The normalized spacial score (nSPS) is 28.2. The van der Waals surface area contributed by atoms with Gasteiger partial charge < -0.3 is 0 Å². The molecule has 15 heavy (non-hydrogen) atoms. The molecule has 0 spiro atoms. The van der Waals surface area contributed by atoms with Gasteiger partial charge in [-0.05, 0) is 18.3 Å². The Bertz CT molecular complexity index is 81.3. The van der Waals surface area contributed by atoms with Crippen LogP contribution < -0.4 is 0 Å². The highest BCUT2D eigenvalue weighted by atomic mass is 32.1. The molecule has 1 aliphatic carbocycles. The van der Waals surface area contributed by atoms with E-state index in [-0.39, 0.29) is 0 Å². The Hall–Kier alpha value is 0.350. The number of thiol groups is 1. The fourth-order valence-electron chi connectivity index (χ4n) is 1.55. The average molecular weight is 234 g/mol. The summed E-state index contributed by atoms with van der Waals surface area (Å²) in [6.07, 6.45) is 4.13. The van der Waals surface area contributed by atoms with Crippen LogP contribution in [0.25, 0.3) is 0 Å². The minimum atomic E-state index is 0.675. The zero-order valence-corrected chi connectivity index (χ0v) is 13.2. The molecule has 3 unspecified atom stereocenters. The monoisotopic (exact) mass is 234 g/mol. The third kappa shape index (κ3) is 10.6. The van der Waals surface area contributed by atoms with Crippen LogP contribution in [0.4, 0.5) is 0 Å². The number of hydrogen-bond donors (Lipinski definition) is 1. The van der Waals surface area contributed by atoms with Gasteiger partial charge in [-0.1, -0.05) is 68.2 Å². The summed E-state index contributed by atoms with van der Waals surface area (Å²) in [5.41, 5.74) is 0. The summed E-state index contributed by atoms with van der Waals surface area (Å²) in [5, 5.41) is 0.675. The molecule has 1 saturated carbocycles. The highest BCUT2D eigenvalue weighted by Crippen LogP contribution is 2.32. The maximum Gasteiger partial charge on any atom is 0.00449 e. The molecule has 1 aliphatic rings. The van der Waals surface area contributed by atoms with Gasteiger partial charge in [0.1, 0.15) is 0 Å². The molecule has 0 aromatic rings. The summed E-state index contributed by atoms with van der Waals surface area (Å²) < 4.78 is 0. The molecule has 1 heteroatoms. The molecule has 0 nitrogen and oxygen atoms in total. The smallest absolute Gasteiger partial charge is 0.00449 e. The van der Waals surface area contributed by atoms with Crippen LogP contribution in [0.2, 0.25) is 0 Å². The van der Waals surface area contributed by atoms with E-state index in [0.29, 0.717) is 5.25 Å². The van der Waals surface area contributed by atoms with Gasteiger partial charge in [-0.25, -0.2) is 0 Å². The average Bonchev–Trinajstić information content (AvgIpc) is 2.34. The zero-order valence-electron chi connectivity index (χ0n) is 12.3. The van der Waals surface area contributed by atoms with Crippen molar-refractivity contribution in [3.63, 3.8) is 0 Å². The second kappa shape index (κ2) is 16.8. The molecule has 0 bridgehead atoms. The van der Waals surface area contributed by atoms with Crippen molar-refractivity contribution in [2.75, 3.05) is 0 Å². The zero-order chi connectivity index (χ0) is 12.9. The van der Waals surface area contributed by atoms with Crippen molar-refractivity contribution in [1.29, 1.82) is 0 Å². The summed E-state index contributed by atoms with van der Waals surface area (Å²) in [7, 11) is 0. The molecule has 1 rings (SSSR count). The van der Waals surface area contributed by atoms with E-state index in [1.165, 1.54) is 19.3 Å². The summed E-state index contributed by atoms with van der Waals surface area (Å²) >= 11 is 4.52. The molecule has 0 aromatic heterocycles. The lowest BCUT2D eigenvalue weighted by Gasteiger charge is -2.30. The predicted octanol–water partition coefficient (Wildman–Crippen LogP) is 5.82. The van der Waals surface area contributed by atoms with E-state index in [0.717, 1.165) is 11.8 Å². The second-order valence-corrected chi connectivity index (χ2v) is 4.00. The maximum absolute atomic E-state index is 4.52. The van der Waals surface area contributed by atoms with Crippen LogP contribution in [0.15, 0.2) is 0 Å². The Labute approximate surface area is 105 Å². The van der Waals surface area contributed by atoms with Crippen molar-refractivity contribution in [2.24, 2.45) is 11.8 Å². The lowest BCUT2D eigenvalue weighted by atomic mass is 9.81. The van der Waals surface area contributed by atoms with Crippen molar-refractivity contribution in [3.05, 3.63) is 0 Å². The first kappa shape index (κ1) is 20.7. The molecule has 0 aromatic carbocycles. The lowest BCUT2D eigenvalue weighted by Crippen LogP contribution is -2.24. The summed E-state index contributed by atoms with van der Waals surface area (Å²) in [6, 6.07) is 0. The molecule has 0 aliphatic heterocycles. The summed E-state index contributed by atoms with van der Waals surface area (Å²) in [5.74, 6) is 1.74. The largest absolute Gasteiger partial charge is 0.176 e. The molecule has 0 amide bonds. The Kier molecular flexibility index (Phi) is 23.2. The van der Waals surface area contributed by atoms with Gasteiger partial charge in [0.2, 0.25) is 0 Å². The van der Waals surface area contributed by atoms with E-state index in [2.05, 4.69) is 26.5 Å². The van der Waals surface area contributed by atoms with Crippen molar-refractivity contribution >= 4 is 12.6 Å². The molecule has 3 atom stereocenters. The molecule has 0 saturated heterocycles. The molecule has 1 fully saturated rings. The van der Waals surface area contributed by atoms with Crippen LogP contribution in [0.1, 0.15) is 74.7 Å². The fraction of sp³-hybridized carbons (Fsp3) is 1.00. The van der Waals surface area contributed by atoms with Gasteiger partial charge in [0.25, 0.3) is 0 Å². The van der Waals surface area contributed by atoms with E-state index in [9.17, 15) is 0 Å². The first-order valence-electron chi connectivity index (χ1n) is 6.90. The highest BCUT2D eigenvalue weighted by molar-refractivity contribution is 7.81. The van der Waals surface area contributed by atoms with Gasteiger partial charge in [-0.3, -0.25) is 0 Å². The van der Waals surface area contributed by atoms with Crippen molar-refractivity contribution < 1.29 is 0 Å². The van der Waals surface area contributed by atoms with Gasteiger partial charge in [-0.15, -0.1) is 0 Å². The molecular weight excluding hydrogens is 200 g/mol. The van der Waals surface area contributed by atoms with E-state index >= 15 is 0 Å². The molecule has 96 valence electrons. The number of rotatable bonds is 0. The van der Waals surface area contributed by atoms with Crippen molar-refractivity contribution in [2.45, 2.75) is 79.9 Å². The van der Waals surface area contributed by atoms with Crippen LogP contribution in [-0.4, -0.2) is 5.25 Å². The van der Waals surface area contributed by atoms with Gasteiger partial charge in [0.15, 0.2) is 0 Å². The van der Waals surface area contributed by atoms with Crippen LogP contribution in [0.3, 0.4) is 0 Å². The predicted molar refractivity (Wildman–Crippen MR) is 79.0 cm³/mol. The Morgan fingerprint density at radius 2 is 1.20 bits per heavy atom. The van der Waals surface area contributed by atoms with Crippen LogP contribution in [0, 0.1) is 11.8 Å². The molecule has 0 N–H and O–H groups in total. The van der Waals surface area contributed by atoms with E-state index in [1.807, 2.05) is 41.5 Å². The third-order valence-corrected chi connectivity index (χ3v) is 3.39. The van der Waals surface area contributed by atoms with E-state index < -0.39 is 0 Å². The van der Waals surface area contributed by atoms with Gasteiger partial charge in [0.05, 0.1) is 0 Å². The standard InChI is InChI=1S/C8H16S.3C2H6/c1-6-4-3-5-8(9)7(6)2;3*1-2/h6-9H,3-5H2,1-2H3;3*1-2H3. The SMILES string of the molecule is CC.CC.CC.CC1CCCC(S)C1C. The summed E-state index contributed by atoms with van der Waals surface area (Å²) in [4.78, 5) is 0. The van der Waals surface area contributed by atoms with Crippen molar-refractivity contribution in [1.82, 2.24) is 0 Å². The fourth-order valence-corrected chi connectivity index (χ4v) is 2.03. The van der Waals surface area contributed by atoms with Crippen LogP contribution in [0.5, 0.6) is 0 Å². The second-order valence-electron chi connectivity index (χ2n) is 3.33. The van der Waals surface area contributed by atoms with Crippen molar-refractivity contribution in [3.8, 4) is 0 Å². The van der Waals surface area contributed by atoms with E-state index in [1.54, 1.807) is 0 Å². The van der Waals surface area contributed by atoms with Crippen LogP contribution >= 0.6 is 12.6 Å². The Morgan fingerprint density at radius 1 is 0.800 bits per heavy atom. The quantitative estimate of drug-likeness (QED) is 0.502. The van der Waals surface area contributed by atoms with Crippen LogP contribution in [-0.2, 0) is 0 Å². The van der Waals surface area contributed by atoms with E-state index in [4.69, 9.17) is 0 Å². The maximum atomic E-state index is 4.52. The third-order valence-electron chi connectivity index (χ3n) is 2.66. The molecule has 0 radical (unpaired) electrons. The highest BCUT2D eigenvalue weighted by Gasteiger charge is 2.23. The molecule has 0 heterocycles. The molecular formula is C14H34S. The topological polar surface area (TPSA) is 0 Å². The van der Waals surface area contributed by atoms with Gasteiger partial charge in [0, 0.05) is 5.25 Å². The first-order valence-corrected chi connectivity index (χ1v) is 7.41. The van der Waals surface area contributed by atoms with Gasteiger partial charge >= 0.3 is 0 Å². The number of hydrogen-bond acceptors (Lipinski definition) is 1. The minimum Gasteiger partial charge on any atom is -0.176 e. The lowest BCUT2D eigenvalue weighted by molar-refractivity contribution is 0.288. The summed E-state index contributed by atoms with van der Waals surface area (Å²) in [6.45, 7) is 16.7. The van der Waals surface area contributed by atoms with Gasteiger partial charge in [-0.2, -0.15) is 12.6 Å². The minimum absolute atomic E-state index is 0.675. The Balaban J connectivity index is -0.000000208. The Morgan fingerprint density at radius 3 is 1.47 bits per heavy atom. The first-order chi connectivity index (χ1) is 7.22.